The highest BCUT2D eigenvalue weighted by Crippen LogP contribution is 2.03. The van der Waals surface area contributed by atoms with Gasteiger partial charge in [0.2, 0.25) is 0 Å². The van der Waals surface area contributed by atoms with Crippen LogP contribution in [0.4, 0.5) is 0 Å². The van der Waals surface area contributed by atoms with Crippen molar-refractivity contribution in [3.05, 3.63) is 15.5 Å². The molecule has 1 aromatic heterocycles. The molecule has 0 saturated heterocycles. The summed E-state index contributed by atoms with van der Waals surface area (Å²) in [6, 6.07) is -0.807. The largest absolute Gasteiger partial charge is 0.480 e. The molecular weight excluding hydrogens is 230 g/mol. The van der Waals surface area contributed by atoms with Gasteiger partial charge in [0.15, 0.2) is 0 Å². The molecule has 16 heavy (non-hydrogen) atoms. The molecule has 0 aliphatic heterocycles. The van der Waals surface area contributed by atoms with E-state index >= 15 is 0 Å². The van der Waals surface area contributed by atoms with Gasteiger partial charge < -0.3 is 10.8 Å². The van der Waals surface area contributed by atoms with Crippen molar-refractivity contribution < 1.29 is 9.90 Å². The highest BCUT2D eigenvalue weighted by Gasteiger charge is 2.10. The molecule has 0 saturated carbocycles. The van der Waals surface area contributed by atoms with Gasteiger partial charge in [0.05, 0.1) is 0 Å². The zero-order chi connectivity index (χ0) is 12.1. The summed E-state index contributed by atoms with van der Waals surface area (Å²) in [6.45, 7) is 2.36. The number of nitrogens with zero attached hydrogens (tertiary/aromatic N) is 2. The van der Waals surface area contributed by atoms with Gasteiger partial charge in [-0.15, -0.1) is 0 Å². The first-order valence-electron chi connectivity index (χ1n) is 5.04. The number of aliphatic carboxylic acids is 1. The summed E-state index contributed by atoms with van der Waals surface area (Å²) in [5.74, 6) is -0.275. The van der Waals surface area contributed by atoms with Crippen LogP contribution < -0.4 is 10.6 Å². The van der Waals surface area contributed by atoms with Crippen LogP contribution in [0, 0.1) is 6.92 Å². The molecule has 1 heterocycles. The monoisotopic (exact) mass is 245 g/mol. The zero-order valence-electron chi connectivity index (χ0n) is 9.05. The Morgan fingerprint density at radius 3 is 2.81 bits per heavy atom. The number of aromatic nitrogens is 2. The van der Waals surface area contributed by atoms with Crippen molar-refractivity contribution in [3.63, 3.8) is 0 Å². The molecule has 7 heteroatoms. The van der Waals surface area contributed by atoms with E-state index in [-0.39, 0.29) is 4.87 Å². The van der Waals surface area contributed by atoms with Gasteiger partial charge in [0, 0.05) is 18.1 Å². The smallest absolute Gasteiger partial charge is 0.326 e. The lowest BCUT2D eigenvalue weighted by atomic mass is 10.1. The van der Waals surface area contributed by atoms with Crippen LogP contribution in [0.25, 0.3) is 0 Å². The fourth-order valence-electron chi connectivity index (χ4n) is 1.35. The third-order valence-corrected chi connectivity index (χ3v) is 3.06. The van der Waals surface area contributed by atoms with Crippen LogP contribution in [0.15, 0.2) is 4.79 Å². The molecule has 1 aromatic rings. The van der Waals surface area contributed by atoms with Crippen LogP contribution in [-0.2, 0) is 11.3 Å². The van der Waals surface area contributed by atoms with Crippen LogP contribution in [0.3, 0.4) is 0 Å². The molecule has 6 nitrogen and oxygen atoms in total. The SMILES string of the molecule is Cc1nsc(=O)n1CCCCC(N)C(=O)O. The standard InChI is InChI=1S/C9H15N3O3S/c1-6-11-16-9(15)12(6)5-3-2-4-7(10)8(13)14/h7H,2-5,10H2,1H3,(H,13,14). The van der Waals surface area contributed by atoms with Crippen LogP contribution in [0.5, 0.6) is 0 Å². The lowest BCUT2D eigenvalue weighted by Crippen LogP contribution is -2.29. The van der Waals surface area contributed by atoms with Gasteiger partial charge in [-0.1, -0.05) is 0 Å². The molecular formula is C9H15N3O3S. The third kappa shape index (κ3) is 3.42. The number of carbonyl (C=O) groups is 1. The van der Waals surface area contributed by atoms with Crippen molar-refractivity contribution in [3.8, 4) is 0 Å². The van der Waals surface area contributed by atoms with E-state index in [0.29, 0.717) is 25.2 Å². The Kier molecular flexibility index (Phi) is 4.63. The van der Waals surface area contributed by atoms with Crippen LogP contribution in [0.1, 0.15) is 25.1 Å². The summed E-state index contributed by atoms with van der Waals surface area (Å²) in [6.07, 6.45) is 1.86. The second-order valence-corrected chi connectivity index (χ2v) is 4.30. The number of rotatable bonds is 6. The zero-order valence-corrected chi connectivity index (χ0v) is 9.87. The summed E-state index contributed by atoms with van der Waals surface area (Å²) in [4.78, 5) is 21.6. The molecule has 0 amide bonds. The number of carboxylic acid groups (broad SMARTS) is 1. The van der Waals surface area contributed by atoms with Gasteiger partial charge in [0.1, 0.15) is 11.9 Å². The molecule has 0 aliphatic rings. The fraction of sp³-hybridized carbons (Fsp3) is 0.667. The minimum absolute atomic E-state index is 0.0694. The molecule has 90 valence electrons. The van der Waals surface area contributed by atoms with Crippen molar-refractivity contribution in [1.29, 1.82) is 0 Å². The van der Waals surface area contributed by atoms with E-state index in [1.807, 2.05) is 0 Å². The Hall–Kier alpha value is -1.21. The van der Waals surface area contributed by atoms with E-state index in [2.05, 4.69) is 4.37 Å². The Balaban J connectivity index is 2.32. The summed E-state index contributed by atoms with van der Waals surface area (Å²) in [7, 11) is 0. The van der Waals surface area contributed by atoms with Gasteiger partial charge in [-0.05, 0) is 26.2 Å². The fourth-order valence-corrected chi connectivity index (χ4v) is 1.98. The minimum atomic E-state index is -0.981. The van der Waals surface area contributed by atoms with Gasteiger partial charge in [0.25, 0.3) is 0 Å². The molecule has 0 aliphatic carbocycles. The Labute approximate surface area is 96.9 Å². The Morgan fingerprint density at radius 1 is 1.62 bits per heavy atom. The van der Waals surface area contributed by atoms with Crippen molar-refractivity contribution in [2.75, 3.05) is 0 Å². The van der Waals surface area contributed by atoms with E-state index in [4.69, 9.17) is 10.8 Å². The number of carboxylic acids is 1. The predicted octanol–water partition coefficient (Wildman–Crippen LogP) is 0.195. The molecule has 0 spiro atoms. The molecule has 0 radical (unpaired) electrons. The van der Waals surface area contributed by atoms with Crippen molar-refractivity contribution >= 4 is 17.5 Å². The van der Waals surface area contributed by atoms with Crippen LogP contribution >= 0.6 is 11.5 Å². The number of aryl methyl sites for hydroxylation is 1. The lowest BCUT2D eigenvalue weighted by Gasteiger charge is -2.06. The van der Waals surface area contributed by atoms with E-state index in [1.165, 1.54) is 0 Å². The maximum Gasteiger partial charge on any atom is 0.326 e. The summed E-state index contributed by atoms with van der Waals surface area (Å²) >= 11 is 0.939. The van der Waals surface area contributed by atoms with E-state index in [9.17, 15) is 9.59 Å². The number of unbranched alkanes of at least 4 members (excludes halogenated alkanes) is 1. The summed E-state index contributed by atoms with van der Waals surface area (Å²) in [5.41, 5.74) is 5.36. The van der Waals surface area contributed by atoms with Gasteiger partial charge >= 0.3 is 10.8 Å². The maximum absolute atomic E-state index is 11.3. The maximum atomic E-state index is 11.3. The topological polar surface area (TPSA) is 98.2 Å². The first-order valence-corrected chi connectivity index (χ1v) is 5.81. The first-order chi connectivity index (χ1) is 7.52. The number of hydrogen-bond acceptors (Lipinski definition) is 5. The second-order valence-electron chi connectivity index (χ2n) is 3.59. The van der Waals surface area contributed by atoms with Crippen molar-refractivity contribution in [2.24, 2.45) is 5.73 Å². The Bertz CT molecular complexity index is 412. The predicted molar refractivity (Wildman–Crippen MR) is 60.6 cm³/mol. The first kappa shape index (κ1) is 12.9. The van der Waals surface area contributed by atoms with Crippen molar-refractivity contribution in [2.45, 2.75) is 38.8 Å². The number of hydrogen-bond donors (Lipinski definition) is 2. The highest BCUT2D eigenvalue weighted by molar-refractivity contribution is 7.02. The van der Waals surface area contributed by atoms with Crippen molar-refractivity contribution in [1.82, 2.24) is 8.94 Å². The molecule has 0 bridgehead atoms. The minimum Gasteiger partial charge on any atom is -0.480 e. The Morgan fingerprint density at radius 2 is 2.31 bits per heavy atom. The summed E-state index contributed by atoms with van der Waals surface area (Å²) < 4.78 is 5.53. The average Bonchev–Trinajstić information content (AvgIpc) is 2.54. The molecule has 3 N–H and O–H groups in total. The molecule has 1 unspecified atom stereocenters. The van der Waals surface area contributed by atoms with Gasteiger partial charge in [-0.25, -0.2) is 0 Å². The van der Waals surface area contributed by atoms with E-state index < -0.39 is 12.0 Å². The molecule has 1 atom stereocenters. The average molecular weight is 245 g/mol. The van der Waals surface area contributed by atoms with Gasteiger partial charge in [-0.2, -0.15) is 4.37 Å². The molecule has 0 aromatic carbocycles. The van der Waals surface area contributed by atoms with E-state index in [0.717, 1.165) is 18.0 Å². The van der Waals surface area contributed by atoms with E-state index in [1.54, 1.807) is 11.5 Å². The second kappa shape index (κ2) is 5.76. The summed E-state index contributed by atoms with van der Waals surface area (Å²) in [5, 5.41) is 8.56. The van der Waals surface area contributed by atoms with Crippen LogP contribution in [0.2, 0.25) is 0 Å². The third-order valence-electron chi connectivity index (χ3n) is 2.33. The lowest BCUT2D eigenvalue weighted by molar-refractivity contribution is -0.138. The molecule has 0 fully saturated rings. The molecule has 1 rings (SSSR count). The normalized spacial score (nSPS) is 12.6. The quantitative estimate of drug-likeness (QED) is 0.697. The van der Waals surface area contributed by atoms with Crippen LogP contribution in [-0.4, -0.2) is 26.1 Å². The number of nitrogens with two attached hydrogens (primary N) is 1. The van der Waals surface area contributed by atoms with Gasteiger partial charge in [-0.3, -0.25) is 14.2 Å². The highest BCUT2D eigenvalue weighted by atomic mass is 32.1.